The van der Waals surface area contributed by atoms with E-state index in [-0.39, 0.29) is 18.3 Å². The zero-order valence-electron chi connectivity index (χ0n) is 23.9. The molecule has 2 aromatic heterocycles. The Hall–Kier alpha value is -4.27. The second-order valence-electron chi connectivity index (χ2n) is 10.3. The summed E-state index contributed by atoms with van der Waals surface area (Å²) in [6.07, 6.45) is 5.98. The molecule has 222 valence electrons. The summed E-state index contributed by atoms with van der Waals surface area (Å²) in [5, 5.41) is 12.0. The van der Waals surface area contributed by atoms with Gasteiger partial charge in [0, 0.05) is 34.9 Å². The summed E-state index contributed by atoms with van der Waals surface area (Å²) < 4.78 is 26.1. The molecular formula is C34H33ClFN3O4. The Kier molecular flexibility index (Phi) is 10.0. The van der Waals surface area contributed by atoms with E-state index in [0.717, 1.165) is 48.0 Å². The highest BCUT2D eigenvalue weighted by molar-refractivity contribution is 6.31. The van der Waals surface area contributed by atoms with Gasteiger partial charge in [-0.25, -0.2) is 9.37 Å². The van der Waals surface area contributed by atoms with Gasteiger partial charge in [-0.2, -0.15) is 0 Å². The van der Waals surface area contributed by atoms with Gasteiger partial charge < -0.3 is 19.6 Å². The SMILES string of the molecule is CCC(=O)O.Fc1ccc(OCc2ccc(-c3nc4cc(Cl)ccc4o3)cc2)c(CCNC2CCCc3ncccc32)c1. The fraction of sp³-hybridized carbons (Fsp3) is 0.265. The molecule has 0 amide bonds. The average Bonchev–Trinajstić information content (AvgIpc) is 3.44. The van der Waals surface area contributed by atoms with Crippen LogP contribution in [0.3, 0.4) is 0 Å². The van der Waals surface area contributed by atoms with Crippen LogP contribution in [-0.4, -0.2) is 27.6 Å². The van der Waals surface area contributed by atoms with E-state index >= 15 is 0 Å². The van der Waals surface area contributed by atoms with E-state index in [1.54, 1.807) is 31.2 Å². The van der Waals surface area contributed by atoms with Gasteiger partial charge in [0.05, 0.1) is 0 Å². The summed E-state index contributed by atoms with van der Waals surface area (Å²) >= 11 is 6.06. The number of nitrogens with zero attached hydrogens (tertiary/aromatic N) is 2. The number of hydrogen-bond donors (Lipinski definition) is 2. The predicted molar refractivity (Wildman–Crippen MR) is 165 cm³/mol. The van der Waals surface area contributed by atoms with Crippen LogP contribution in [0.1, 0.15) is 54.6 Å². The van der Waals surface area contributed by atoms with Crippen LogP contribution in [0.15, 0.2) is 83.4 Å². The van der Waals surface area contributed by atoms with E-state index in [4.69, 9.17) is 25.9 Å². The van der Waals surface area contributed by atoms with E-state index in [0.29, 0.717) is 35.3 Å². The fourth-order valence-corrected chi connectivity index (χ4v) is 5.18. The van der Waals surface area contributed by atoms with E-state index in [2.05, 4.69) is 21.4 Å². The average molecular weight is 602 g/mol. The van der Waals surface area contributed by atoms with Crippen molar-refractivity contribution in [1.29, 1.82) is 0 Å². The number of rotatable bonds is 9. The molecule has 2 heterocycles. The molecule has 0 radical (unpaired) electrons. The van der Waals surface area contributed by atoms with Gasteiger partial charge in [-0.15, -0.1) is 0 Å². The lowest BCUT2D eigenvalue weighted by Gasteiger charge is -2.25. The minimum absolute atomic E-state index is 0.222. The Morgan fingerprint density at radius 3 is 2.74 bits per heavy atom. The minimum atomic E-state index is -0.745. The van der Waals surface area contributed by atoms with E-state index in [1.165, 1.54) is 17.3 Å². The van der Waals surface area contributed by atoms with Crippen LogP contribution in [0, 0.1) is 5.82 Å². The molecule has 9 heteroatoms. The van der Waals surface area contributed by atoms with Crippen molar-refractivity contribution in [2.24, 2.45) is 0 Å². The molecule has 1 atom stereocenters. The van der Waals surface area contributed by atoms with Crippen molar-refractivity contribution in [2.45, 2.75) is 51.7 Å². The van der Waals surface area contributed by atoms with Crippen molar-refractivity contribution < 1.29 is 23.4 Å². The third-order valence-electron chi connectivity index (χ3n) is 7.26. The third-order valence-corrected chi connectivity index (χ3v) is 7.50. The molecule has 7 nitrogen and oxygen atoms in total. The highest BCUT2D eigenvalue weighted by atomic mass is 35.5. The van der Waals surface area contributed by atoms with Gasteiger partial charge in [-0.1, -0.05) is 36.7 Å². The second kappa shape index (κ2) is 14.3. The van der Waals surface area contributed by atoms with Crippen LogP contribution >= 0.6 is 11.6 Å². The minimum Gasteiger partial charge on any atom is -0.489 e. The maximum atomic E-state index is 14.1. The van der Waals surface area contributed by atoms with Gasteiger partial charge in [0.2, 0.25) is 5.89 Å². The number of nitrogens with one attached hydrogen (secondary N) is 1. The van der Waals surface area contributed by atoms with Crippen LogP contribution in [0.25, 0.3) is 22.6 Å². The number of fused-ring (bicyclic) bond motifs is 2. The van der Waals surface area contributed by atoms with Gasteiger partial charge in [0.25, 0.3) is 0 Å². The van der Waals surface area contributed by atoms with Crippen LogP contribution in [0.2, 0.25) is 5.02 Å². The van der Waals surface area contributed by atoms with Gasteiger partial charge >= 0.3 is 5.97 Å². The normalized spacial score (nSPS) is 14.1. The van der Waals surface area contributed by atoms with E-state index < -0.39 is 5.97 Å². The first kappa shape index (κ1) is 30.2. The number of oxazole rings is 1. The number of carbonyl (C=O) groups is 1. The number of pyridine rings is 1. The molecule has 0 aliphatic heterocycles. The van der Waals surface area contributed by atoms with E-state index in [1.807, 2.05) is 42.6 Å². The van der Waals surface area contributed by atoms with Crippen molar-refractivity contribution in [3.63, 3.8) is 0 Å². The zero-order valence-corrected chi connectivity index (χ0v) is 24.6. The summed E-state index contributed by atoms with van der Waals surface area (Å²) in [6, 6.07) is 22.4. The largest absolute Gasteiger partial charge is 0.489 e. The summed E-state index contributed by atoms with van der Waals surface area (Å²) in [7, 11) is 0. The van der Waals surface area contributed by atoms with Crippen molar-refractivity contribution >= 4 is 28.7 Å². The number of benzene rings is 3. The monoisotopic (exact) mass is 601 g/mol. The molecule has 1 unspecified atom stereocenters. The highest BCUT2D eigenvalue weighted by Crippen LogP contribution is 2.29. The predicted octanol–water partition coefficient (Wildman–Crippen LogP) is 7.95. The number of aliphatic carboxylic acids is 1. The Morgan fingerprint density at radius 2 is 1.95 bits per heavy atom. The number of aryl methyl sites for hydroxylation is 1. The smallest absolute Gasteiger partial charge is 0.303 e. The molecule has 3 aromatic carbocycles. The summed E-state index contributed by atoms with van der Waals surface area (Å²) in [5.74, 6) is 0.229. The molecular weight excluding hydrogens is 569 g/mol. The first-order chi connectivity index (χ1) is 20.9. The maximum absolute atomic E-state index is 14.1. The lowest BCUT2D eigenvalue weighted by Crippen LogP contribution is -2.27. The van der Waals surface area contributed by atoms with Crippen molar-refractivity contribution in [3.05, 3.63) is 112 Å². The van der Waals surface area contributed by atoms with Gasteiger partial charge in [-0.3, -0.25) is 9.78 Å². The van der Waals surface area contributed by atoms with Crippen LogP contribution < -0.4 is 10.1 Å². The first-order valence-electron chi connectivity index (χ1n) is 14.3. The first-order valence-corrected chi connectivity index (χ1v) is 14.7. The zero-order chi connectivity index (χ0) is 30.2. The summed E-state index contributed by atoms with van der Waals surface area (Å²) in [5.41, 5.74) is 6.59. The molecule has 6 rings (SSSR count). The molecule has 1 aliphatic rings. The number of hydrogen-bond acceptors (Lipinski definition) is 6. The maximum Gasteiger partial charge on any atom is 0.303 e. The number of ether oxygens (including phenoxy) is 1. The van der Waals surface area contributed by atoms with Gasteiger partial charge in [-0.05, 0) is 104 Å². The topological polar surface area (TPSA) is 97.5 Å². The van der Waals surface area contributed by atoms with Crippen molar-refractivity contribution in [2.75, 3.05) is 6.54 Å². The molecule has 0 saturated heterocycles. The molecule has 0 bridgehead atoms. The molecule has 0 fully saturated rings. The number of halogens is 2. The van der Waals surface area contributed by atoms with Crippen LogP contribution in [0.5, 0.6) is 5.75 Å². The fourth-order valence-electron chi connectivity index (χ4n) is 5.01. The molecule has 0 saturated carbocycles. The van der Waals surface area contributed by atoms with Crippen LogP contribution in [0.4, 0.5) is 4.39 Å². The summed E-state index contributed by atoms with van der Waals surface area (Å²) in [4.78, 5) is 18.4. The van der Waals surface area contributed by atoms with Crippen molar-refractivity contribution in [3.8, 4) is 17.2 Å². The quantitative estimate of drug-likeness (QED) is 0.177. The summed E-state index contributed by atoms with van der Waals surface area (Å²) in [6.45, 7) is 2.70. The standard InChI is InChI=1S/C31H27ClFN3O2.C3H6O2/c32-23-10-12-30-28(18-23)36-31(38-30)21-8-6-20(7-9-21)19-37-29-13-11-24(33)17-22(29)14-16-35-27-5-1-4-26-25(27)3-2-15-34-26;1-2-3(4)5/h2-3,6-13,15,17-18,27,35H,1,4-5,14,16,19H2;2H2,1H3,(H,4,5). The van der Waals surface area contributed by atoms with E-state index in [9.17, 15) is 9.18 Å². The Balaban J connectivity index is 0.000000682. The molecule has 5 aromatic rings. The number of aromatic nitrogens is 2. The third kappa shape index (κ3) is 7.97. The highest BCUT2D eigenvalue weighted by Gasteiger charge is 2.20. The lowest BCUT2D eigenvalue weighted by atomic mass is 9.91. The number of carboxylic acids is 1. The number of carboxylic acid groups (broad SMARTS) is 1. The Bertz CT molecular complexity index is 1690. The molecule has 2 N–H and O–H groups in total. The Morgan fingerprint density at radius 1 is 1.14 bits per heavy atom. The second-order valence-corrected chi connectivity index (χ2v) is 10.7. The lowest BCUT2D eigenvalue weighted by molar-refractivity contribution is -0.136. The molecule has 43 heavy (non-hydrogen) atoms. The molecule has 0 spiro atoms. The van der Waals surface area contributed by atoms with Gasteiger partial charge in [0.15, 0.2) is 5.58 Å². The van der Waals surface area contributed by atoms with Gasteiger partial charge in [0.1, 0.15) is 23.7 Å². The Labute approximate surface area is 254 Å². The van der Waals surface area contributed by atoms with Crippen LogP contribution in [-0.2, 0) is 24.2 Å². The van der Waals surface area contributed by atoms with Crippen molar-refractivity contribution in [1.82, 2.24) is 15.3 Å². The molecule has 1 aliphatic carbocycles.